The third-order valence-electron chi connectivity index (χ3n) is 6.10. The summed E-state index contributed by atoms with van der Waals surface area (Å²) in [5.41, 5.74) is 1.45. The molecule has 5 rings (SSSR count). The van der Waals surface area contributed by atoms with Gasteiger partial charge in [0, 0.05) is 25.9 Å². The second-order valence-corrected chi connectivity index (χ2v) is 8.83. The second-order valence-electron chi connectivity index (χ2n) is 8.47. The van der Waals surface area contributed by atoms with Crippen LogP contribution in [-0.2, 0) is 13.5 Å². The highest BCUT2D eigenvalue weighted by Gasteiger charge is 2.37. The molecule has 0 fully saturated rings. The fourth-order valence-corrected chi connectivity index (χ4v) is 4.65. The van der Waals surface area contributed by atoms with E-state index in [1.165, 1.54) is 12.1 Å². The third kappa shape index (κ3) is 4.29. The topological polar surface area (TPSA) is 89.2 Å². The van der Waals surface area contributed by atoms with Gasteiger partial charge >= 0.3 is 0 Å². The Balaban J connectivity index is 1.41. The number of nitrogens with one attached hydrogen (secondary N) is 1. The van der Waals surface area contributed by atoms with Crippen molar-refractivity contribution in [1.29, 1.82) is 0 Å². The number of carbonyl (C=O) groups excluding carboxylic acids is 3. The van der Waals surface area contributed by atoms with Crippen molar-refractivity contribution in [2.75, 3.05) is 6.54 Å². The van der Waals surface area contributed by atoms with Crippen LogP contribution in [0.2, 0.25) is 5.15 Å². The molecule has 8 nitrogen and oxygen atoms in total. The quantitative estimate of drug-likeness (QED) is 0.388. The Kier molecular flexibility index (Phi) is 6.15. The molecule has 0 spiro atoms. The molecule has 182 valence electrons. The predicted molar refractivity (Wildman–Crippen MR) is 131 cm³/mol. The molecule has 2 aromatic heterocycles. The van der Waals surface area contributed by atoms with Crippen LogP contribution in [-0.4, -0.2) is 49.6 Å². The molecule has 2 aromatic carbocycles. The second kappa shape index (κ2) is 9.43. The van der Waals surface area contributed by atoms with Crippen LogP contribution in [0.15, 0.2) is 73.1 Å². The molecular formula is C26H21ClFN5O3. The molecule has 0 radical (unpaired) electrons. The first-order chi connectivity index (χ1) is 17.3. The Morgan fingerprint density at radius 2 is 1.78 bits per heavy atom. The minimum absolute atomic E-state index is 0.0886. The number of carbonyl (C=O) groups is 3. The average molecular weight is 506 g/mol. The van der Waals surface area contributed by atoms with E-state index in [4.69, 9.17) is 11.6 Å². The van der Waals surface area contributed by atoms with E-state index in [0.717, 1.165) is 4.90 Å². The molecule has 10 heteroatoms. The number of aromatic nitrogens is 3. The fourth-order valence-electron chi connectivity index (χ4n) is 4.36. The molecule has 36 heavy (non-hydrogen) atoms. The molecule has 0 unspecified atom stereocenters. The maximum Gasteiger partial charge on any atom is 0.261 e. The number of halogens is 2. The van der Waals surface area contributed by atoms with Crippen molar-refractivity contribution in [3.63, 3.8) is 0 Å². The van der Waals surface area contributed by atoms with E-state index in [1.807, 2.05) is 0 Å². The molecule has 1 N–H and O–H groups in total. The summed E-state index contributed by atoms with van der Waals surface area (Å²) in [6, 6.07) is 15.2. The van der Waals surface area contributed by atoms with Crippen molar-refractivity contribution in [2.45, 2.75) is 12.5 Å². The molecule has 0 bridgehead atoms. The van der Waals surface area contributed by atoms with Crippen LogP contribution in [0.1, 0.15) is 36.6 Å². The Morgan fingerprint density at radius 3 is 2.42 bits per heavy atom. The van der Waals surface area contributed by atoms with Crippen LogP contribution < -0.4 is 5.32 Å². The van der Waals surface area contributed by atoms with Gasteiger partial charge < -0.3 is 5.32 Å². The monoisotopic (exact) mass is 505 g/mol. The van der Waals surface area contributed by atoms with Crippen LogP contribution in [0.3, 0.4) is 0 Å². The van der Waals surface area contributed by atoms with E-state index in [0.29, 0.717) is 22.5 Å². The van der Waals surface area contributed by atoms with Crippen molar-refractivity contribution in [1.82, 2.24) is 24.6 Å². The van der Waals surface area contributed by atoms with Gasteiger partial charge in [-0.05, 0) is 42.3 Å². The van der Waals surface area contributed by atoms with Gasteiger partial charge in [0.2, 0.25) is 0 Å². The molecule has 4 aromatic rings. The summed E-state index contributed by atoms with van der Waals surface area (Å²) in [7, 11) is 1.75. The molecular weight excluding hydrogens is 485 g/mol. The van der Waals surface area contributed by atoms with Crippen LogP contribution in [0.5, 0.6) is 0 Å². The molecule has 1 aliphatic rings. The minimum Gasteiger partial charge on any atom is -0.347 e. The summed E-state index contributed by atoms with van der Waals surface area (Å²) in [5, 5.41) is 7.18. The van der Waals surface area contributed by atoms with Crippen molar-refractivity contribution in [3.8, 4) is 5.82 Å². The van der Waals surface area contributed by atoms with Gasteiger partial charge in [-0.25, -0.2) is 4.39 Å². The zero-order chi connectivity index (χ0) is 25.4. The Labute approximate surface area is 210 Å². The molecule has 1 atom stereocenters. The van der Waals surface area contributed by atoms with Gasteiger partial charge in [0.15, 0.2) is 0 Å². The minimum atomic E-state index is -0.697. The largest absolute Gasteiger partial charge is 0.347 e. The maximum atomic E-state index is 13.8. The Hall–Kier alpha value is -4.24. The number of aryl methyl sites for hydroxylation is 1. The van der Waals surface area contributed by atoms with E-state index in [-0.39, 0.29) is 23.7 Å². The van der Waals surface area contributed by atoms with Crippen LogP contribution in [0.4, 0.5) is 4.39 Å². The summed E-state index contributed by atoms with van der Waals surface area (Å²) < 4.78 is 17.1. The number of rotatable bonds is 7. The molecule has 1 aliphatic heterocycles. The highest BCUT2D eigenvalue weighted by molar-refractivity contribution is 6.33. The highest BCUT2D eigenvalue weighted by atomic mass is 35.5. The van der Waals surface area contributed by atoms with Gasteiger partial charge in [-0.2, -0.15) is 5.10 Å². The molecule has 0 saturated carbocycles. The lowest BCUT2D eigenvalue weighted by molar-refractivity contribution is 0.0628. The van der Waals surface area contributed by atoms with Crippen molar-refractivity contribution >= 4 is 29.3 Å². The van der Waals surface area contributed by atoms with Gasteiger partial charge in [0.05, 0.1) is 28.9 Å². The van der Waals surface area contributed by atoms with E-state index in [1.54, 1.807) is 77.2 Å². The number of hydrogen-bond donors (Lipinski definition) is 1. The number of imide groups is 1. The number of nitrogens with zero attached hydrogens (tertiary/aromatic N) is 4. The summed E-state index contributed by atoms with van der Waals surface area (Å²) in [6.07, 6.45) is 3.46. The first kappa shape index (κ1) is 23.5. The third-order valence-corrected chi connectivity index (χ3v) is 6.48. The van der Waals surface area contributed by atoms with Crippen molar-refractivity contribution in [2.24, 2.45) is 7.05 Å². The summed E-state index contributed by atoms with van der Waals surface area (Å²) in [5.74, 6) is -1.11. The Bertz CT molecular complexity index is 1460. The highest BCUT2D eigenvalue weighted by Crippen LogP contribution is 2.25. The number of hydrogen-bond acceptors (Lipinski definition) is 4. The standard InChI is InChI=1S/C26H21ClFN5O3/c1-31-22(9-11-29-31)32-12-10-21(23(32)27)24(34)30-18(14-16-5-4-6-17(28)13-16)15-33-25(35)19-7-2-3-8-20(19)26(33)36/h2-13,18H,14-15H2,1H3,(H,30,34)/t18-/m0/s1. The summed E-state index contributed by atoms with van der Waals surface area (Å²) in [4.78, 5) is 40.2. The first-order valence-electron chi connectivity index (χ1n) is 11.2. The van der Waals surface area contributed by atoms with Crippen molar-refractivity contribution < 1.29 is 18.8 Å². The summed E-state index contributed by atoms with van der Waals surface area (Å²) >= 11 is 6.52. The average Bonchev–Trinajstić information content (AvgIpc) is 3.51. The first-order valence-corrected chi connectivity index (χ1v) is 11.6. The predicted octanol–water partition coefficient (Wildman–Crippen LogP) is 3.64. The Morgan fingerprint density at radius 1 is 1.06 bits per heavy atom. The lowest BCUT2D eigenvalue weighted by Gasteiger charge is -2.24. The molecule has 3 heterocycles. The number of amides is 3. The van der Waals surface area contributed by atoms with Crippen molar-refractivity contribution in [3.05, 3.63) is 106 Å². The molecule has 0 aliphatic carbocycles. The number of fused-ring (bicyclic) bond motifs is 1. The van der Waals surface area contributed by atoms with Gasteiger partial charge in [-0.15, -0.1) is 0 Å². The van der Waals surface area contributed by atoms with Gasteiger partial charge in [0.25, 0.3) is 17.7 Å². The van der Waals surface area contributed by atoms with Gasteiger partial charge in [0.1, 0.15) is 16.8 Å². The van der Waals surface area contributed by atoms with E-state index in [2.05, 4.69) is 10.4 Å². The zero-order valence-corrected chi connectivity index (χ0v) is 19.9. The molecule has 3 amide bonds. The number of benzene rings is 2. The van der Waals surface area contributed by atoms with E-state index < -0.39 is 29.6 Å². The van der Waals surface area contributed by atoms with E-state index in [9.17, 15) is 18.8 Å². The molecule has 0 saturated heterocycles. The van der Waals surface area contributed by atoms with Gasteiger partial charge in [-0.1, -0.05) is 35.9 Å². The smallest absolute Gasteiger partial charge is 0.261 e. The van der Waals surface area contributed by atoms with Crippen LogP contribution in [0, 0.1) is 5.82 Å². The fraction of sp³-hybridized carbons (Fsp3) is 0.154. The van der Waals surface area contributed by atoms with E-state index >= 15 is 0 Å². The normalized spacial score (nSPS) is 13.7. The summed E-state index contributed by atoms with van der Waals surface area (Å²) in [6.45, 7) is -0.0886. The van der Waals surface area contributed by atoms with Gasteiger partial charge in [-0.3, -0.25) is 28.5 Å². The lowest BCUT2D eigenvalue weighted by atomic mass is 10.0. The zero-order valence-electron chi connectivity index (χ0n) is 19.2. The van der Waals surface area contributed by atoms with Crippen LogP contribution >= 0.6 is 11.6 Å². The van der Waals surface area contributed by atoms with Crippen LogP contribution in [0.25, 0.3) is 5.82 Å². The SMILES string of the molecule is Cn1nccc1-n1ccc(C(=O)N[C@@H](Cc2cccc(F)c2)CN2C(=O)c3ccccc3C2=O)c1Cl. The maximum absolute atomic E-state index is 13.8. The lowest BCUT2D eigenvalue weighted by Crippen LogP contribution is -2.47.